The van der Waals surface area contributed by atoms with Crippen LogP contribution in [0.25, 0.3) is 0 Å². The van der Waals surface area contributed by atoms with Crippen molar-refractivity contribution in [3.63, 3.8) is 0 Å². The maximum atomic E-state index is 11.5. The summed E-state index contributed by atoms with van der Waals surface area (Å²) in [6.07, 6.45) is 2.28. The van der Waals surface area contributed by atoms with Crippen molar-refractivity contribution in [1.29, 1.82) is 0 Å². The monoisotopic (exact) mass is 489 g/mol. The molecule has 1 aliphatic heterocycles. The lowest BCUT2D eigenvalue weighted by Gasteiger charge is -2.32. The summed E-state index contributed by atoms with van der Waals surface area (Å²) >= 11 is 0. The van der Waals surface area contributed by atoms with Crippen molar-refractivity contribution in [2.45, 2.75) is 32.8 Å². The molecule has 3 atom stereocenters. The van der Waals surface area contributed by atoms with Crippen LogP contribution in [0.15, 0.2) is 29.3 Å². The number of nitrogens with zero attached hydrogens (tertiary/aromatic N) is 1. The number of carbonyl (C=O) groups is 1. The van der Waals surface area contributed by atoms with E-state index in [4.69, 9.17) is 9.47 Å². The number of nitrogens with one attached hydrogen (secondary N) is 2. The third-order valence-corrected chi connectivity index (χ3v) is 4.79. The number of ether oxygens (including phenoxy) is 2. The van der Waals surface area contributed by atoms with E-state index in [-0.39, 0.29) is 42.0 Å². The first-order valence-corrected chi connectivity index (χ1v) is 9.25. The van der Waals surface area contributed by atoms with Gasteiger partial charge in [-0.3, -0.25) is 9.79 Å². The summed E-state index contributed by atoms with van der Waals surface area (Å²) < 4.78 is 10.8. The lowest BCUT2D eigenvalue weighted by molar-refractivity contribution is -0.144. The second-order valence-corrected chi connectivity index (χ2v) is 6.86. The van der Waals surface area contributed by atoms with Crippen molar-refractivity contribution in [3.8, 4) is 0 Å². The highest BCUT2D eigenvalue weighted by atomic mass is 127. The number of aryl methyl sites for hydroxylation is 1. The maximum absolute atomic E-state index is 11.5. The first-order chi connectivity index (χ1) is 12.5. The van der Waals surface area contributed by atoms with Gasteiger partial charge in [-0.2, -0.15) is 0 Å². The van der Waals surface area contributed by atoms with Crippen LogP contribution < -0.4 is 10.6 Å². The molecule has 0 bridgehead atoms. The van der Waals surface area contributed by atoms with Gasteiger partial charge in [0.05, 0.1) is 19.1 Å². The molecule has 1 heterocycles. The van der Waals surface area contributed by atoms with Gasteiger partial charge in [0, 0.05) is 32.7 Å². The fraction of sp³-hybridized carbons (Fsp3) is 0.600. The Kier molecular flexibility index (Phi) is 10.7. The zero-order valence-corrected chi connectivity index (χ0v) is 19.0. The van der Waals surface area contributed by atoms with Crippen LogP contribution in [0.4, 0.5) is 0 Å². The molecule has 2 rings (SSSR count). The number of esters is 1. The topological polar surface area (TPSA) is 72.0 Å². The molecular formula is C20H32IN3O3. The molecule has 2 N–H and O–H groups in total. The highest BCUT2D eigenvalue weighted by molar-refractivity contribution is 14.0. The Labute approximate surface area is 179 Å². The highest BCUT2D eigenvalue weighted by Gasteiger charge is 2.27. The quantitative estimate of drug-likeness (QED) is 0.278. The van der Waals surface area contributed by atoms with Gasteiger partial charge in [-0.15, -0.1) is 24.0 Å². The van der Waals surface area contributed by atoms with Gasteiger partial charge in [-0.1, -0.05) is 36.8 Å². The number of benzene rings is 1. The predicted molar refractivity (Wildman–Crippen MR) is 119 cm³/mol. The van der Waals surface area contributed by atoms with Crippen molar-refractivity contribution in [2.24, 2.45) is 16.8 Å². The number of methoxy groups -OCH3 is 1. The average molecular weight is 489 g/mol. The van der Waals surface area contributed by atoms with E-state index in [0.29, 0.717) is 18.4 Å². The van der Waals surface area contributed by atoms with Gasteiger partial charge >= 0.3 is 5.97 Å². The van der Waals surface area contributed by atoms with Crippen LogP contribution in [0.3, 0.4) is 0 Å². The number of carbonyl (C=O) groups excluding carboxylic acids is 1. The number of hydrogen-bond acceptors (Lipinski definition) is 4. The van der Waals surface area contributed by atoms with Gasteiger partial charge in [0.1, 0.15) is 0 Å². The number of rotatable bonds is 6. The lowest BCUT2D eigenvalue weighted by atomic mass is 9.89. The number of halogens is 1. The molecule has 1 aromatic rings. The molecule has 0 aromatic heterocycles. The van der Waals surface area contributed by atoms with E-state index in [2.05, 4.69) is 46.8 Å². The molecule has 6 nitrogen and oxygen atoms in total. The Hall–Kier alpha value is -1.35. The second kappa shape index (κ2) is 12.2. The van der Waals surface area contributed by atoms with Crippen LogP contribution in [0, 0.1) is 18.8 Å². The van der Waals surface area contributed by atoms with E-state index in [1.807, 2.05) is 6.92 Å². The minimum absolute atomic E-state index is 0. The second-order valence-electron chi connectivity index (χ2n) is 6.86. The van der Waals surface area contributed by atoms with Crippen LogP contribution in [-0.4, -0.2) is 45.8 Å². The van der Waals surface area contributed by atoms with Crippen LogP contribution in [0.1, 0.15) is 37.0 Å². The van der Waals surface area contributed by atoms with E-state index in [1.165, 1.54) is 18.2 Å². The standard InChI is InChI=1S/C20H31N3O3.HI/c1-14-7-9-16(10-8-14)18-17(6-5-11-26-18)13-23-20(21-3)22-12-15(2)19(24)25-4;/h7-10,15,17-18H,5-6,11-13H2,1-4H3,(H2,21,22,23);1H. The molecule has 3 unspecified atom stereocenters. The maximum Gasteiger partial charge on any atom is 0.310 e. The number of guanidine groups is 1. The number of hydrogen-bond donors (Lipinski definition) is 2. The van der Waals surface area contributed by atoms with E-state index in [1.54, 1.807) is 7.05 Å². The summed E-state index contributed by atoms with van der Waals surface area (Å²) in [5.41, 5.74) is 2.48. The first kappa shape index (κ1) is 23.7. The minimum Gasteiger partial charge on any atom is -0.469 e. The smallest absolute Gasteiger partial charge is 0.310 e. The van der Waals surface area contributed by atoms with Crippen LogP contribution >= 0.6 is 24.0 Å². The Morgan fingerprint density at radius 1 is 1.33 bits per heavy atom. The van der Waals surface area contributed by atoms with Crippen LogP contribution in [0.2, 0.25) is 0 Å². The average Bonchev–Trinajstić information content (AvgIpc) is 2.68. The molecule has 1 aromatic carbocycles. The van der Waals surface area contributed by atoms with Gasteiger partial charge in [0.2, 0.25) is 0 Å². The first-order valence-electron chi connectivity index (χ1n) is 9.25. The van der Waals surface area contributed by atoms with Gasteiger partial charge < -0.3 is 20.1 Å². The summed E-state index contributed by atoms with van der Waals surface area (Å²) in [6.45, 7) is 5.97. The molecule has 1 saturated heterocycles. The Balaban J connectivity index is 0.00000364. The van der Waals surface area contributed by atoms with Crippen LogP contribution in [0.5, 0.6) is 0 Å². The summed E-state index contributed by atoms with van der Waals surface area (Å²) in [5.74, 6) is 0.613. The van der Waals surface area contributed by atoms with Crippen molar-refractivity contribution >= 4 is 35.9 Å². The number of aliphatic imine (C=N–C) groups is 1. The molecule has 0 spiro atoms. The zero-order valence-electron chi connectivity index (χ0n) is 16.7. The summed E-state index contributed by atoms with van der Waals surface area (Å²) in [5, 5.41) is 6.55. The molecule has 1 aliphatic rings. The predicted octanol–water partition coefficient (Wildman–Crippen LogP) is 3.05. The summed E-state index contributed by atoms with van der Waals surface area (Å²) in [6, 6.07) is 8.58. The van der Waals surface area contributed by atoms with Gasteiger partial charge in [0.25, 0.3) is 0 Å². The van der Waals surface area contributed by atoms with Crippen molar-refractivity contribution in [3.05, 3.63) is 35.4 Å². The Bertz CT molecular complexity index is 607. The summed E-state index contributed by atoms with van der Waals surface area (Å²) in [7, 11) is 3.13. The minimum atomic E-state index is -0.229. The third-order valence-electron chi connectivity index (χ3n) is 4.79. The third kappa shape index (κ3) is 7.29. The fourth-order valence-corrected chi connectivity index (χ4v) is 3.16. The van der Waals surface area contributed by atoms with Crippen molar-refractivity contribution in [2.75, 3.05) is 33.9 Å². The van der Waals surface area contributed by atoms with Crippen molar-refractivity contribution < 1.29 is 14.3 Å². The molecular weight excluding hydrogens is 457 g/mol. The normalized spacial score (nSPS) is 21.0. The molecule has 7 heteroatoms. The molecule has 0 aliphatic carbocycles. The molecule has 0 radical (unpaired) electrons. The van der Waals surface area contributed by atoms with E-state index in [9.17, 15) is 4.79 Å². The fourth-order valence-electron chi connectivity index (χ4n) is 3.16. The van der Waals surface area contributed by atoms with Gasteiger partial charge in [0.15, 0.2) is 5.96 Å². The van der Waals surface area contributed by atoms with E-state index in [0.717, 1.165) is 26.0 Å². The SMILES string of the molecule is CN=C(NCC(C)C(=O)OC)NCC1CCCOC1c1ccc(C)cc1.I. The van der Waals surface area contributed by atoms with Gasteiger partial charge in [-0.25, -0.2) is 0 Å². The van der Waals surface area contributed by atoms with Crippen LogP contribution in [-0.2, 0) is 14.3 Å². The molecule has 1 fully saturated rings. The van der Waals surface area contributed by atoms with Crippen molar-refractivity contribution in [1.82, 2.24) is 10.6 Å². The molecule has 0 saturated carbocycles. The Morgan fingerprint density at radius 2 is 2.04 bits per heavy atom. The highest BCUT2D eigenvalue weighted by Crippen LogP contribution is 2.33. The lowest BCUT2D eigenvalue weighted by Crippen LogP contribution is -2.44. The molecule has 0 amide bonds. The van der Waals surface area contributed by atoms with E-state index >= 15 is 0 Å². The summed E-state index contributed by atoms with van der Waals surface area (Å²) in [4.78, 5) is 15.7. The zero-order chi connectivity index (χ0) is 18.9. The Morgan fingerprint density at radius 3 is 2.67 bits per heavy atom. The largest absolute Gasteiger partial charge is 0.469 e. The van der Waals surface area contributed by atoms with Gasteiger partial charge in [-0.05, 0) is 25.3 Å². The van der Waals surface area contributed by atoms with E-state index < -0.39 is 0 Å². The molecule has 27 heavy (non-hydrogen) atoms. The molecule has 152 valence electrons.